The van der Waals surface area contributed by atoms with E-state index >= 15 is 0 Å². The number of fused-ring (bicyclic) bond motifs is 1. The van der Waals surface area contributed by atoms with Crippen LogP contribution >= 0.6 is 0 Å². The molecule has 1 unspecified atom stereocenters. The zero-order chi connectivity index (χ0) is 29.1. The minimum absolute atomic E-state index is 0.0277. The zero-order valence-corrected chi connectivity index (χ0v) is 25.4. The number of carboxylic acid groups (broad SMARTS) is 1. The van der Waals surface area contributed by atoms with Crippen molar-refractivity contribution < 1.29 is 19.5 Å². The van der Waals surface area contributed by atoms with Gasteiger partial charge in [-0.05, 0) is 86.0 Å². The summed E-state index contributed by atoms with van der Waals surface area (Å²) in [6.45, 7) is 20.7. The van der Waals surface area contributed by atoms with Crippen LogP contribution in [0.25, 0.3) is 0 Å². The summed E-state index contributed by atoms with van der Waals surface area (Å²) in [4.78, 5) is 38.6. The predicted molar refractivity (Wildman–Crippen MR) is 150 cm³/mol. The van der Waals surface area contributed by atoms with Gasteiger partial charge in [-0.2, -0.15) is 5.26 Å². The molecule has 5 nitrogen and oxygen atoms in total. The molecule has 0 aromatic carbocycles. The number of rotatable bonds is 6. The zero-order valence-electron chi connectivity index (χ0n) is 25.4. The maximum absolute atomic E-state index is 13.2. The lowest BCUT2D eigenvalue weighted by molar-refractivity contribution is -0.159. The van der Waals surface area contributed by atoms with E-state index in [0.717, 1.165) is 31.3 Å². The molecule has 0 saturated heterocycles. The third-order valence-electron chi connectivity index (χ3n) is 11.6. The first-order chi connectivity index (χ1) is 17.2. The highest BCUT2D eigenvalue weighted by Crippen LogP contribution is 2.67. The number of carbonyl (C=O) groups is 3. The Labute approximate surface area is 230 Å². The van der Waals surface area contributed by atoms with E-state index in [1.807, 2.05) is 19.9 Å². The molecule has 3 aliphatic carbocycles. The molecule has 0 aromatic rings. The highest BCUT2D eigenvalue weighted by Gasteiger charge is 2.61. The van der Waals surface area contributed by atoms with E-state index in [0.29, 0.717) is 19.3 Å². The lowest BCUT2D eigenvalue weighted by Gasteiger charge is -2.61. The van der Waals surface area contributed by atoms with Crippen molar-refractivity contribution in [2.75, 3.05) is 0 Å². The van der Waals surface area contributed by atoms with E-state index in [9.17, 15) is 24.8 Å². The van der Waals surface area contributed by atoms with Gasteiger partial charge in [-0.15, -0.1) is 0 Å². The van der Waals surface area contributed by atoms with Crippen LogP contribution in [0.15, 0.2) is 23.3 Å². The molecule has 2 fully saturated rings. The molecule has 38 heavy (non-hydrogen) atoms. The summed E-state index contributed by atoms with van der Waals surface area (Å²) in [5, 5.41) is 20.3. The van der Waals surface area contributed by atoms with Gasteiger partial charge in [0.2, 0.25) is 0 Å². The molecule has 2 saturated carbocycles. The summed E-state index contributed by atoms with van der Waals surface area (Å²) in [7, 11) is 0. The van der Waals surface area contributed by atoms with Crippen molar-refractivity contribution in [1.82, 2.24) is 0 Å². The van der Waals surface area contributed by atoms with Crippen molar-refractivity contribution in [2.45, 2.75) is 114 Å². The molecule has 3 rings (SSSR count). The second-order valence-electron chi connectivity index (χ2n) is 15.2. The van der Waals surface area contributed by atoms with Gasteiger partial charge < -0.3 is 5.11 Å². The summed E-state index contributed by atoms with van der Waals surface area (Å²) in [5.74, 6) is -0.800. The average Bonchev–Trinajstić information content (AvgIpc) is 2.77. The molecule has 0 aliphatic heterocycles. The second-order valence-corrected chi connectivity index (χ2v) is 15.2. The fourth-order valence-corrected chi connectivity index (χ4v) is 8.65. The van der Waals surface area contributed by atoms with Crippen LogP contribution in [0.3, 0.4) is 0 Å². The Bertz CT molecular complexity index is 1130. The Hall–Kier alpha value is -2.22. The summed E-state index contributed by atoms with van der Waals surface area (Å²) in [6.07, 6.45) is 8.99. The molecule has 0 bridgehead atoms. The number of hydrogen-bond donors (Lipinski definition) is 1. The van der Waals surface area contributed by atoms with Gasteiger partial charge in [-0.1, -0.05) is 74.0 Å². The highest BCUT2D eigenvalue weighted by molar-refractivity contribution is 6.04. The quantitative estimate of drug-likeness (QED) is 0.360. The van der Waals surface area contributed by atoms with Crippen molar-refractivity contribution in [2.24, 2.45) is 44.3 Å². The van der Waals surface area contributed by atoms with Gasteiger partial charge in [0.1, 0.15) is 6.07 Å². The number of ketones is 2. The monoisotopic (exact) mass is 523 g/mol. The van der Waals surface area contributed by atoms with Gasteiger partial charge in [0.25, 0.3) is 0 Å². The fourth-order valence-electron chi connectivity index (χ4n) is 8.65. The molecular weight excluding hydrogens is 474 g/mol. The number of nitriles is 1. The van der Waals surface area contributed by atoms with Gasteiger partial charge in [0.05, 0.1) is 11.0 Å². The molecule has 0 amide bonds. The first kappa shape index (κ1) is 30.3. The summed E-state index contributed by atoms with van der Waals surface area (Å²) in [5.41, 5.74) is -1.50. The molecule has 5 heteroatoms. The van der Waals surface area contributed by atoms with Crippen LogP contribution in [0.5, 0.6) is 0 Å². The molecular formula is C33H49NO4. The maximum atomic E-state index is 13.2. The van der Waals surface area contributed by atoms with Crippen LogP contribution in [0.2, 0.25) is 0 Å². The maximum Gasteiger partial charge on any atom is 0.309 e. The Morgan fingerprint density at radius 2 is 1.74 bits per heavy atom. The average molecular weight is 524 g/mol. The molecule has 0 aromatic heterocycles. The van der Waals surface area contributed by atoms with E-state index in [1.165, 1.54) is 0 Å². The lowest BCUT2D eigenvalue weighted by atomic mass is 9.42. The van der Waals surface area contributed by atoms with Crippen molar-refractivity contribution in [3.63, 3.8) is 0 Å². The van der Waals surface area contributed by atoms with E-state index in [4.69, 9.17) is 0 Å². The minimum atomic E-state index is -0.748. The van der Waals surface area contributed by atoms with Gasteiger partial charge in [-0.3, -0.25) is 14.4 Å². The van der Waals surface area contributed by atoms with Gasteiger partial charge >= 0.3 is 5.97 Å². The molecule has 5 atom stereocenters. The third-order valence-corrected chi connectivity index (χ3v) is 11.6. The summed E-state index contributed by atoms with van der Waals surface area (Å²) in [6, 6.07) is 2.14. The number of Topliss-reactive ketones (excluding diaryl/α,β-unsaturated/α-hetero) is 1. The van der Waals surface area contributed by atoms with Crippen LogP contribution in [0, 0.1) is 55.7 Å². The Kier molecular flexibility index (Phi) is 7.55. The fraction of sp³-hybridized carbons (Fsp3) is 0.758. The van der Waals surface area contributed by atoms with Crippen LogP contribution in [-0.2, 0) is 14.4 Å². The summed E-state index contributed by atoms with van der Waals surface area (Å²) < 4.78 is 0. The van der Waals surface area contributed by atoms with E-state index in [2.05, 4.69) is 54.5 Å². The van der Waals surface area contributed by atoms with Gasteiger partial charge in [0.15, 0.2) is 11.6 Å². The number of nitrogens with zero attached hydrogens (tertiary/aromatic N) is 1. The normalized spacial score (nSPS) is 37.7. The molecule has 210 valence electrons. The van der Waals surface area contributed by atoms with Crippen molar-refractivity contribution in [3.8, 4) is 6.07 Å². The topological polar surface area (TPSA) is 95.2 Å². The third kappa shape index (κ3) is 4.61. The van der Waals surface area contributed by atoms with Crippen LogP contribution in [0.4, 0.5) is 0 Å². The highest BCUT2D eigenvalue weighted by atomic mass is 16.4. The number of aliphatic carboxylic acids is 1. The molecule has 1 N–H and O–H groups in total. The number of carboxylic acids is 1. The Morgan fingerprint density at radius 1 is 1.13 bits per heavy atom. The van der Waals surface area contributed by atoms with Gasteiger partial charge in [-0.25, -0.2) is 0 Å². The molecule has 0 spiro atoms. The summed E-state index contributed by atoms with van der Waals surface area (Å²) >= 11 is 0. The standard InChI is InChI=1S/C33H49NO4/c1-21-18-28(3,4)13-15-33(21,27(37)38)16-14-29(5,6)32(10)12-11-24-30(7,8)26(36)23(20-34)19-31(24,9)25(32)17-22(2)35/h17,19,21,24H,11-16,18H2,1-10H3,(H,37,38)/b25-17-/t21?,24-,31-,32+,33-/m0/s1. The number of hydrogen-bond acceptors (Lipinski definition) is 4. The van der Waals surface area contributed by atoms with Gasteiger partial charge in [0, 0.05) is 10.8 Å². The SMILES string of the molecule is CC(=O)/C=C1/[C@@]2(C)C=C(C#N)C(=O)C(C)(C)[C@@H]2CC[C@@]1(C)C(C)(C)CC[C@@]1(C(=O)O)CCC(C)(C)CC1C. The largest absolute Gasteiger partial charge is 0.481 e. The first-order valence-corrected chi connectivity index (χ1v) is 14.3. The van der Waals surface area contributed by atoms with Crippen molar-refractivity contribution in [1.29, 1.82) is 5.26 Å². The van der Waals surface area contributed by atoms with E-state index in [-0.39, 0.29) is 39.8 Å². The van der Waals surface area contributed by atoms with Crippen molar-refractivity contribution in [3.05, 3.63) is 23.3 Å². The smallest absolute Gasteiger partial charge is 0.309 e. The van der Waals surface area contributed by atoms with Crippen LogP contribution in [0.1, 0.15) is 114 Å². The van der Waals surface area contributed by atoms with E-state index in [1.54, 1.807) is 13.0 Å². The van der Waals surface area contributed by atoms with Crippen LogP contribution < -0.4 is 0 Å². The Balaban J connectivity index is 2.08. The van der Waals surface area contributed by atoms with Crippen molar-refractivity contribution >= 4 is 17.5 Å². The first-order valence-electron chi connectivity index (χ1n) is 14.3. The molecule has 3 aliphatic rings. The molecule has 0 heterocycles. The Morgan fingerprint density at radius 3 is 2.24 bits per heavy atom. The number of allylic oxidation sites excluding steroid dienone is 4. The predicted octanol–water partition coefficient (Wildman–Crippen LogP) is 7.71. The minimum Gasteiger partial charge on any atom is -0.481 e. The lowest BCUT2D eigenvalue weighted by Crippen LogP contribution is -2.56. The molecule has 0 radical (unpaired) electrons. The number of carbonyl (C=O) groups excluding carboxylic acids is 2. The van der Waals surface area contributed by atoms with Crippen LogP contribution in [-0.4, -0.2) is 22.6 Å². The second kappa shape index (κ2) is 9.46. The van der Waals surface area contributed by atoms with E-state index < -0.39 is 27.6 Å².